The fraction of sp³-hybridized carbons (Fsp3) is 0.304. The Balaban J connectivity index is 1.61. The van der Waals surface area contributed by atoms with Crippen molar-refractivity contribution in [2.45, 2.75) is 6.54 Å². The first-order chi connectivity index (χ1) is 15.0. The first-order valence-electron chi connectivity index (χ1n) is 10.2. The molecular weight excluding hydrogens is 394 g/mol. The predicted octanol–water partition coefficient (Wildman–Crippen LogP) is 3.04. The molecule has 0 bridgehead atoms. The van der Waals surface area contributed by atoms with Crippen LogP contribution in [0.15, 0.2) is 60.9 Å². The van der Waals surface area contributed by atoms with E-state index in [1.807, 2.05) is 68.8 Å². The maximum atomic E-state index is 12.8. The van der Waals surface area contributed by atoms with Crippen molar-refractivity contribution in [3.63, 3.8) is 0 Å². The van der Waals surface area contributed by atoms with Crippen molar-refractivity contribution >= 4 is 11.7 Å². The van der Waals surface area contributed by atoms with Gasteiger partial charge in [-0.1, -0.05) is 24.3 Å². The van der Waals surface area contributed by atoms with Gasteiger partial charge in [0.2, 0.25) is 0 Å². The summed E-state index contributed by atoms with van der Waals surface area (Å²) in [5.74, 6) is 0.763. The molecule has 1 heterocycles. The Kier molecular flexibility index (Phi) is 8.03. The molecule has 8 nitrogen and oxygen atoms in total. The van der Waals surface area contributed by atoms with Crippen molar-refractivity contribution in [3.8, 4) is 16.9 Å². The average Bonchev–Trinajstić information content (AvgIpc) is 3.29. The number of rotatable bonds is 10. The first-order valence-corrected chi connectivity index (χ1v) is 10.2. The van der Waals surface area contributed by atoms with E-state index in [1.165, 1.54) is 0 Å². The van der Waals surface area contributed by atoms with Crippen LogP contribution in [0.25, 0.3) is 11.1 Å². The molecule has 0 atom stereocenters. The highest BCUT2D eigenvalue weighted by molar-refractivity contribution is 5.89. The van der Waals surface area contributed by atoms with E-state index >= 15 is 0 Å². The van der Waals surface area contributed by atoms with Crippen molar-refractivity contribution in [2.24, 2.45) is 0 Å². The van der Waals surface area contributed by atoms with Gasteiger partial charge in [-0.2, -0.15) is 5.10 Å². The van der Waals surface area contributed by atoms with E-state index in [2.05, 4.69) is 20.4 Å². The standard InChI is InChI=1S/C23H29N5O3/c1-27(2)11-13-31-22-5-3-4-18(14-22)17-28(10-12-29)23(30)26-21-8-6-19(7-9-21)20-15-24-25-16-20/h3-9,14-16,29H,10-13,17H2,1-2H3,(H,24,25)(H,26,30). The molecule has 8 heteroatoms. The van der Waals surface area contributed by atoms with Gasteiger partial charge in [-0.25, -0.2) is 4.79 Å². The van der Waals surface area contributed by atoms with E-state index in [0.29, 0.717) is 18.8 Å². The highest BCUT2D eigenvalue weighted by Crippen LogP contribution is 2.21. The van der Waals surface area contributed by atoms with Crippen molar-refractivity contribution in [1.82, 2.24) is 20.0 Å². The van der Waals surface area contributed by atoms with Crippen LogP contribution in [-0.4, -0.2) is 71.5 Å². The van der Waals surface area contributed by atoms with Gasteiger partial charge >= 0.3 is 6.03 Å². The number of carbonyl (C=O) groups is 1. The van der Waals surface area contributed by atoms with Gasteiger partial charge in [0.25, 0.3) is 0 Å². The largest absolute Gasteiger partial charge is 0.492 e. The summed E-state index contributed by atoms with van der Waals surface area (Å²) in [6.07, 6.45) is 3.56. The van der Waals surface area contributed by atoms with E-state index in [9.17, 15) is 9.90 Å². The number of hydrogen-bond donors (Lipinski definition) is 3. The van der Waals surface area contributed by atoms with Crippen LogP contribution in [0.1, 0.15) is 5.56 Å². The Morgan fingerprint density at radius 3 is 2.61 bits per heavy atom. The van der Waals surface area contributed by atoms with Gasteiger partial charge in [0.05, 0.1) is 12.8 Å². The molecule has 0 aliphatic heterocycles. The number of likely N-dealkylation sites (N-methyl/N-ethyl adjacent to an activating group) is 1. The SMILES string of the molecule is CN(C)CCOc1cccc(CN(CCO)C(=O)Nc2ccc(-c3cn[nH]c3)cc2)c1. The van der Waals surface area contributed by atoms with Gasteiger partial charge in [-0.15, -0.1) is 0 Å². The number of aromatic amines is 1. The maximum absolute atomic E-state index is 12.8. The number of aliphatic hydroxyl groups excluding tert-OH is 1. The molecular formula is C23H29N5O3. The third-order valence-electron chi connectivity index (χ3n) is 4.70. The van der Waals surface area contributed by atoms with Gasteiger partial charge in [0, 0.05) is 37.1 Å². The summed E-state index contributed by atoms with van der Waals surface area (Å²) in [4.78, 5) is 16.4. The van der Waals surface area contributed by atoms with Crippen LogP contribution < -0.4 is 10.1 Å². The molecule has 3 aromatic rings. The Hall–Kier alpha value is -3.36. The normalized spacial score (nSPS) is 10.8. The number of benzene rings is 2. The quantitative estimate of drug-likeness (QED) is 0.466. The van der Waals surface area contributed by atoms with Crippen molar-refractivity contribution in [2.75, 3.05) is 45.7 Å². The molecule has 1 aromatic heterocycles. The summed E-state index contributed by atoms with van der Waals surface area (Å²) in [7, 11) is 3.99. The first kappa shape index (κ1) is 22.3. The number of nitrogens with zero attached hydrogens (tertiary/aromatic N) is 3. The second-order valence-corrected chi connectivity index (χ2v) is 7.44. The molecule has 0 aliphatic carbocycles. The lowest BCUT2D eigenvalue weighted by atomic mass is 10.1. The predicted molar refractivity (Wildman–Crippen MR) is 121 cm³/mol. The van der Waals surface area contributed by atoms with E-state index < -0.39 is 0 Å². The fourth-order valence-electron chi connectivity index (χ4n) is 3.03. The summed E-state index contributed by atoms with van der Waals surface area (Å²) < 4.78 is 5.78. The van der Waals surface area contributed by atoms with Gasteiger partial charge in [0.1, 0.15) is 12.4 Å². The zero-order valence-electron chi connectivity index (χ0n) is 17.9. The maximum Gasteiger partial charge on any atom is 0.322 e. The topological polar surface area (TPSA) is 93.7 Å². The van der Waals surface area contributed by atoms with E-state index in [0.717, 1.165) is 29.0 Å². The summed E-state index contributed by atoms with van der Waals surface area (Å²) in [6.45, 7) is 1.88. The fourth-order valence-corrected chi connectivity index (χ4v) is 3.03. The number of ether oxygens (including phenoxy) is 1. The molecule has 0 spiro atoms. The highest BCUT2D eigenvalue weighted by atomic mass is 16.5. The molecule has 0 saturated heterocycles. The Labute approximate surface area is 182 Å². The Morgan fingerprint density at radius 2 is 1.94 bits per heavy atom. The number of hydrogen-bond acceptors (Lipinski definition) is 5. The smallest absolute Gasteiger partial charge is 0.322 e. The van der Waals surface area contributed by atoms with Crippen LogP contribution in [0, 0.1) is 0 Å². The van der Waals surface area contributed by atoms with Crippen molar-refractivity contribution in [3.05, 3.63) is 66.5 Å². The summed E-state index contributed by atoms with van der Waals surface area (Å²) in [5, 5.41) is 19.1. The molecule has 3 rings (SSSR count). The van der Waals surface area contributed by atoms with Crippen molar-refractivity contribution in [1.29, 1.82) is 0 Å². The lowest BCUT2D eigenvalue weighted by molar-refractivity contribution is 0.185. The number of aromatic nitrogens is 2. The number of urea groups is 1. The second-order valence-electron chi connectivity index (χ2n) is 7.44. The second kappa shape index (κ2) is 11.1. The molecule has 0 unspecified atom stereocenters. The minimum atomic E-state index is -0.274. The number of aliphatic hydroxyl groups is 1. The minimum absolute atomic E-state index is 0.119. The zero-order chi connectivity index (χ0) is 22.1. The number of H-pyrrole nitrogens is 1. The van der Waals surface area contributed by atoms with Crippen LogP contribution in [0.2, 0.25) is 0 Å². The number of anilines is 1. The molecule has 31 heavy (non-hydrogen) atoms. The summed E-state index contributed by atoms with van der Waals surface area (Å²) >= 11 is 0. The minimum Gasteiger partial charge on any atom is -0.492 e. The molecule has 2 amide bonds. The van der Waals surface area contributed by atoms with E-state index in [1.54, 1.807) is 11.1 Å². The van der Waals surface area contributed by atoms with Crippen LogP contribution >= 0.6 is 0 Å². The summed E-state index contributed by atoms with van der Waals surface area (Å²) in [6, 6.07) is 14.9. The lowest BCUT2D eigenvalue weighted by Gasteiger charge is -2.23. The van der Waals surface area contributed by atoms with E-state index in [-0.39, 0.29) is 19.2 Å². The highest BCUT2D eigenvalue weighted by Gasteiger charge is 2.14. The molecule has 3 N–H and O–H groups in total. The van der Waals surface area contributed by atoms with Gasteiger partial charge in [0.15, 0.2) is 0 Å². The third-order valence-corrected chi connectivity index (χ3v) is 4.70. The molecule has 2 aromatic carbocycles. The van der Waals surface area contributed by atoms with Gasteiger partial charge < -0.3 is 25.0 Å². The third kappa shape index (κ3) is 6.84. The Bertz CT molecular complexity index is 942. The van der Waals surface area contributed by atoms with E-state index in [4.69, 9.17) is 4.74 Å². The van der Waals surface area contributed by atoms with Crippen molar-refractivity contribution < 1.29 is 14.6 Å². The molecule has 164 valence electrons. The van der Waals surface area contributed by atoms with Gasteiger partial charge in [-0.05, 0) is 49.5 Å². The van der Waals surface area contributed by atoms with Gasteiger partial charge in [-0.3, -0.25) is 5.10 Å². The monoisotopic (exact) mass is 423 g/mol. The summed E-state index contributed by atoms with van der Waals surface area (Å²) in [5.41, 5.74) is 3.60. The zero-order valence-corrected chi connectivity index (χ0v) is 17.9. The number of nitrogens with one attached hydrogen (secondary N) is 2. The molecule has 0 fully saturated rings. The lowest BCUT2D eigenvalue weighted by Crippen LogP contribution is -2.36. The van der Waals surface area contributed by atoms with Crippen LogP contribution in [-0.2, 0) is 6.54 Å². The number of amides is 2. The van der Waals surface area contributed by atoms with Crippen LogP contribution in [0.5, 0.6) is 5.75 Å². The molecule has 0 aliphatic rings. The molecule has 0 saturated carbocycles. The van der Waals surface area contributed by atoms with Crippen LogP contribution in [0.3, 0.4) is 0 Å². The Morgan fingerprint density at radius 1 is 1.13 bits per heavy atom. The van der Waals surface area contributed by atoms with Crippen LogP contribution in [0.4, 0.5) is 10.5 Å². The average molecular weight is 424 g/mol. The number of carbonyl (C=O) groups excluding carboxylic acids is 1. The molecule has 0 radical (unpaired) electrons.